The second-order valence-corrected chi connectivity index (χ2v) is 8.47. The van der Waals surface area contributed by atoms with E-state index < -0.39 is 0 Å². The number of rotatable bonds is 3. The first-order chi connectivity index (χ1) is 13.2. The first-order valence-electron chi connectivity index (χ1n) is 9.09. The van der Waals surface area contributed by atoms with E-state index in [0.29, 0.717) is 22.8 Å². The van der Waals surface area contributed by atoms with Gasteiger partial charge in [-0.15, -0.1) is 11.3 Å². The van der Waals surface area contributed by atoms with Crippen LogP contribution in [0, 0.1) is 11.3 Å². The van der Waals surface area contributed by atoms with Crippen molar-refractivity contribution in [1.29, 1.82) is 5.26 Å². The quantitative estimate of drug-likeness (QED) is 0.597. The molecule has 1 fully saturated rings. The molecule has 3 heterocycles. The Kier molecular flexibility index (Phi) is 5.28. The third-order valence-corrected chi connectivity index (χ3v) is 6.83. The van der Waals surface area contributed by atoms with Crippen molar-refractivity contribution in [2.24, 2.45) is 0 Å². The molecule has 4 rings (SSSR count). The summed E-state index contributed by atoms with van der Waals surface area (Å²) in [7, 11) is 0. The number of hydrogen-bond donors (Lipinski definition) is 0. The first kappa shape index (κ1) is 18.2. The molecule has 5 nitrogen and oxygen atoms in total. The molecule has 0 unspecified atom stereocenters. The van der Waals surface area contributed by atoms with Crippen LogP contribution in [0.1, 0.15) is 36.8 Å². The molecule has 7 heteroatoms. The molecule has 0 amide bonds. The second kappa shape index (κ2) is 7.83. The topological polar surface area (TPSA) is 61.9 Å². The van der Waals surface area contributed by atoms with Crippen LogP contribution in [0.2, 0.25) is 0 Å². The second-order valence-electron chi connectivity index (χ2n) is 6.73. The van der Waals surface area contributed by atoms with Crippen LogP contribution >= 0.6 is 27.3 Å². The van der Waals surface area contributed by atoms with Gasteiger partial charge >= 0.3 is 0 Å². The van der Waals surface area contributed by atoms with Crippen molar-refractivity contribution >= 4 is 43.4 Å². The molecule has 0 N–H and O–H groups in total. The summed E-state index contributed by atoms with van der Waals surface area (Å²) in [5, 5.41) is 11.3. The number of nitrogens with zero attached hydrogens (tertiary/aromatic N) is 4. The fourth-order valence-electron chi connectivity index (χ4n) is 3.55. The van der Waals surface area contributed by atoms with Gasteiger partial charge < -0.3 is 4.90 Å². The third-order valence-electron chi connectivity index (χ3n) is 4.97. The molecular weight excluding hydrogens is 424 g/mol. The Morgan fingerprint density at radius 2 is 1.93 bits per heavy atom. The van der Waals surface area contributed by atoms with Crippen molar-refractivity contribution in [3.05, 3.63) is 55.6 Å². The average molecular weight is 443 g/mol. The average Bonchev–Trinajstić information content (AvgIpc) is 2.89. The molecule has 1 aliphatic rings. The zero-order valence-corrected chi connectivity index (χ0v) is 17.2. The number of thiophene rings is 1. The smallest absolute Gasteiger partial charge is 0.273 e. The van der Waals surface area contributed by atoms with Crippen LogP contribution in [0.3, 0.4) is 0 Å². The van der Waals surface area contributed by atoms with Crippen molar-refractivity contribution in [1.82, 2.24) is 9.55 Å². The Hall–Kier alpha value is -2.17. The summed E-state index contributed by atoms with van der Waals surface area (Å²) in [6, 6.07) is 9.68. The summed E-state index contributed by atoms with van der Waals surface area (Å²) in [4.78, 5) is 20.4. The summed E-state index contributed by atoms with van der Waals surface area (Å²) in [5.74, 6) is 0.709. The lowest BCUT2D eigenvalue weighted by atomic mass is 10.1. The minimum atomic E-state index is -0.0392. The zero-order valence-electron chi connectivity index (χ0n) is 14.8. The first-order valence-corrected chi connectivity index (χ1v) is 10.8. The van der Waals surface area contributed by atoms with Crippen LogP contribution in [0.4, 0.5) is 5.95 Å². The predicted octanol–water partition coefficient (Wildman–Crippen LogP) is 4.52. The highest BCUT2D eigenvalue weighted by atomic mass is 79.9. The van der Waals surface area contributed by atoms with Crippen LogP contribution in [-0.2, 0) is 6.54 Å². The Morgan fingerprint density at radius 3 is 2.67 bits per heavy atom. The van der Waals surface area contributed by atoms with Crippen molar-refractivity contribution in [2.45, 2.75) is 32.2 Å². The molecule has 0 radical (unpaired) electrons. The van der Waals surface area contributed by atoms with Crippen molar-refractivity contribution in [2.75, 3.05) is 18.0 Å². The van der Waals surface area contributed by atoms with Crippen LogP contribution in [0.5, 0.6) is 0 Å². The monoisotopic (exact) mass is 442 g/mol. The van der Waals surface area contributed by atoms with E-state index in [-0.39, 0.29) is 5.56 Å². The molecule has 2 aromatic heterocycles. The minimum absolute atomic E-state index is 0.0392. The number of halogens is 1. The molecule has 0 bridgehead atoms. The summed E-state index contributed by atoms with van der Waals surface area (Å²) in [6.45, 7) is 2.16. The van der Waals surface area contributed by atoms with Gasteiger partial charge in [-0.2, -0.15) is 5.26 Å². The van der Waals surface area contributed by atoms with E-state index in [1.807, 2.05) is 23.6 Å². The molecule has 27 heavy (non-hydrogen) atoms. The van der Waals surface area contributed by atoms with Crippen molar-refractivity contribution < 1.29 is 0 Å². The highest BCUT2D eigenvalue weighted by Gasteiger charge is 2.21. The Labute approximate surface area is 170 Å². The van der Waals surface area contributed by atoms with Gasteiger partial charge in [0.05, 0.1) is 22.7 Å². The van der Waals surface area contributed by atoms with Gasteiger partial charge in [-0.25, -0.2) is 4.98 Å². The number of benzene rings is 1. The van der Waals surface area contributed by atoms with E-state index in [1.54, 1.807) is 10.6 Å². The highest BCUT2D eigenvalue weighted by molar-refractivity contribution is 9.10. The van der Waals surface area contributed by atoms with Gasteiger partial charge in [0.1, 0.15) is 10.2 Å². The fraction of sp³-hybridized carbons (Fsp3) is 0.350. The maximum Gasteiger partial charge on any atom is 0.273 e. The number of hydrogen-bond acceptors (Lipinski definition) is 5. The van der Waals surface area contributed by atoms with Crippen LogP contribution < -0.4 is 10.5 Å². The van der Waals surface area contributed by atoms with E-state index in [4.69, 9.17) is 4.98 Å². The molecule has 1 aliphatic heterocycles. The Bertz CT molecular complexity index is 1070. The molecule has 3 aromatic rings. The lowest BCUT2D eigenvalue weighted by molar-refractivity contribution is 0.679. The maximum absolute atomic E-state index is 13.3. The summed E-state index contributed by atoms with van der Waals surface area (Å²) in [6.07, 6.45) is 4.63. The van der Waals surface area contributed by atoms with Crippen LogP contribution in [0.15, 0.2) is 38.9 Å². The number of anilines is 1. The Balaban J connectivity index is 1.89. The van der Waals surface area contributed by atoms with Crippen LogP contribution in [0.25, 0.3) is 10.2 Å². The number of fused-ring (bicyclic) bond motifs is 1. The van der Waals surface area contributed by atoms with Gasteiger partial charge in [0.25, 0.3) is 5.56 Å². The number of aromatic nitrogens is 2. The molecule has 0 aliphatic carbocycles. The van der Waals surface area contributed by atoms with Crippen molar-refractivity contribution in [3.63, 3.8) is 0 Å². The molecule has 138 valence electrons. The molecule has 0 atom stereocenters. The van der Waals surface area contributed by atoms with Gasteiger partial charge in [-0.05, 0) is 40.4 Å². The van der Waals surface area contributed by atoms with E-state index >= 15 is 0 Å². The van der Waals surface area contributed by atoms with E-state index in [1.165, 1.54) is 24.2 Å². The molecule has 0 saturated carbocycles. The third kappa shape index (κ3) is 3.52. The highest BCUT2D eigenvalue weighted by Crippen LogP contribution is 2.29. The van der Waals surface area contributed by atoms with E-state index in [0.717, 1.165) is 41.5 Å². The lowest BCUT2D eigenvalue weighted by Crippen LogP contribution is -2.34. The predicted molar refractivity (Wildman–Crippen MR) is 113 cm³/mol. The summed E-state index contributed by atoms with van der Waals surface area (Å²) in [5.41, 5.74) is 2.13. The molecular formula is C20H19BrN4OS. The van der Waals surface area contributed by atoms with Gasteiger partial charge in [-0.3, -0.25) is 9.36 Å². The summed E-state index contributed by atoms with van der Waals surface area (Å²) >= 11 is 4.94. The maximum atomic E-state index is 13.3. The van der Waals surface area contributed by atoms with E-state index in [9.17, 15) is 10.1 Å². The van der Waals surface area contributed by atoms with Crippen molar-refractivity contribution in [3.8, 4) is 6.07 Å². The molecule has 1 saturated heterocycles. The van der Waals surface area contributed by atoms with Gasteiger partial charge in [0, 0.05) is 18.5 Å². The number of nitriles is 1. The zero-order chi connectivity index (χ0) is 18.8. The normalized spacial score (nSPS) is 14.9. The SMILES string of the molecule is N#Cc1ccccc1Cn1c(N2CCCCCC2)nc2c(Br)csc2c1=O. The lowest BCUT2D eigenvalue weighted by Gasteiger charge is -2.25. The minimum Gasteiger partial charge on any atom is -0.342 e. The Morgan fingerprint density at radius 1 is 1.19 bits per heavy atom. The molecule has 0 spiro atoms. The molecule has 1 aromatic carbocycles. The fourth-order valence-corrected chi connectivity index (χ4v) is 5.06. The van der Waals surface area contributed by atoms with Gasteiger partial charge in [-0.1, -0.05) is 31.0 Å². The standard InChI is InChI=1S/C20H19BrN4OS/c21-16-13-27-18-17(16)23-20(24-9-5-1-2-6-10-24)25(19(18)26)12-15-8-4-3-7-14(15)11-22/h3-4,7-8,13H,1-2,5-6,9-10,12H2. The van der Waals surface area contributed by atoms with E-state index in [2.05, 4.69) is 26.9 Å². The van der Waals surface area contributed by atoms with Gasteiger partial charge in [0.2, 0.25) is 5.95 Å². The van der Waals surface area contributed by atoms with Crippen LogP contribution in [-0.4, -0.2) is 22.6 Å². The van der Waals surface area contributed by atoms with Gasteiger partial charge in [0.15, 0.2) is 0 Å². The largest absolute Gasteiger partial charge is 0.342 e. The summed E-state index contributed by atoms with van der Waals surface area (Å²) < 4.78 is 3.25.